The molecule has 0 radical (unpaired) electrons. The van der Waals surface area contributed by atoms with Crippen molar-refractivity contribution >= 4 is 11.6 Å². The molecule has 1 amide bonds. The minimum absolute atomic E-state index is 0.0239. The van der Waals surface area contributed by atoms with Crippen LogP contribution in [0.4, 0.5) is 0 Å². The first-order chi connectivity index (χ1) is 8.11. The van der Waals surface area contributed by atoms with Crippen molar-refractivity contribution in [3.63, 3.8) is 0 Å². The van der Waals surface area contributed by atoms with Crippen LogP contribution in [0.5, 0.6) is 5.75 Å². The second-order valence-electron chi connectivity index (χ2n) is 3.84. The third-order valence-corrected chi connectivity index (χ3v) is 2.24. The number of rotatable bonds is 5. The molecular formula is C13H18N2O2. The summed E-state index contributed by atoms with van der Waals surface area (Å²) in [7, 11) is 0. The Hall–Kier alpha value is -1.84. The lowest BCUT2D eigenvalue weighted by Gasteiger charge is -2.05. The van der Waals surface area contributed by atoms with E-state index in [2.05, 4.69) is 10.5 Å². The number of nitrogens with zero attached hydrogens (tertiary/aromatic N) is 1. The van der Waals surface area contributed by atoms with Gasteiger partial charge in [-0.3, -0.25) is 4.79 Å². The Morgan fingerprint density at radius 1 is 1.47 bits per heavy atom. The van der Waals surface area contributed by atoms with Gasteiger partial charge in [0.1, 0.15) is 5.75 Å². The van der Waals surface area contributed by atoms with E-state index in [1.54, 1.807) is 0 Å². The summed E-state index contributed by atoms with van der Waals surface area (Å²) in [6, 6.07) is 7.57. The smallest absolute Gasteiger partial charge is 0.277 e. The van der Waals surface area contributed by atoms with Crippen molar-refractivity contribution < 1.29 is 9.53 Å². The van der Waals surface area contributed by atoms with Crippen LogP contribution in [0.25, 0.3) is 0 Å². The van der Waals surface area contributed by atoms with E-state index in [0.717, 1.165) is 17.7 Å². The monoisotopic (exact) mass is 234 g/mol. The molecule has 0 spiro atoms. The number of aryl methyl sites for hydroxylation is 1. The zero-order chi connectivity index (χ0) is 12.7. The third kappa shape index (κ3) is 5.15. The molecule has 0 atom stereocenters. The zero-order valence-electron chi connectivity index (χ0n) is 10.5. The molecule has 92 valence electrons. The fourth-order valence-electron chi connectivity index (χ4n) is 1.12. The highest BCUT2D eigenvalue weighted by atomic mass is 16.5. The number of hydrazone groups is 1. The predicted octanol–water partition coefficient (Wildman–Crippen LogP) is 2.28. The molecule has 1 N–H and O–H groups in total. The average molecular weight is 234 g/mol. The summed E-state index contributed by atoms with van der Waals surface area (Å²) >= 11 is 0. The third-order valence-electron chi connectivity index (χ3n) is 2.24. The van der Waals surface area contributed by atoms with Gasteiger partial charge in [-0.2, -0.15) is 5.10 Å². The van der Waals surface area contributed by atoms with Crippen molar-refractivity contribution in [1.82, 2.24) is 5.43 Å². The maximum atomic E-state index is 11.4. The van der Waals surface area contributed by atoms with Crippen molar-refractivity contribution in [3.05, 3.63) is 29.8 Å². The molecule has 0 saturated carbocycles. The van der Waals surface area contributed by atoms with Crippen LogP contribution in [-0.4, -0.2) is 18.2 Å². The first kappa shape index (κ1) is 13.2. The van der Waals surface area contributed by atoms with E-state index in [4.69, 9.17) is 4.74 Å². The number of hydrogen-bond donors (Lipinski definition) is 1. The number of amides is 1. The van der Waals surface area contributed by atoms with E-state index in [-0.39, 0.29) is 12.5 Å². The van der Waals surface area contributed by atoms with Gasteiger partial charge in [-0.15, -0.1) is 0 Å². The van der Waals surface area contributed by atoms with Gasteiger partial charge < -0.3 is 4.74 Å². The van der Waals surface area contributed by atoms with E-state index in [9.17, 15) is 4.79 Å². The molecule has 1 aromatic carbocycles. The normalized spacial score (nSPS) is 11.1. The maximum absolute atomic E-state index is 11.4. The van der Waals surface area contributed by atoms with Gasteiger partial charge in [-0.25, -0.2) is 5.43 Å². The van der Waals surface area contributed by atoms with Crippen LogP contribution >= 0.6 is 0 Å². The largest absolute Gasteiger partial charge is 0.484 e. The Bertz CT molecular complexity index is 414. The van der Waals surface area contributed by atoms with E-state index in [1.165, 1.54) is 0 Å². The molecule has 0 saturated heterocycles. The van der Waals surface area contributed by atoms with Crippen LogP contribution in [0.3, 0.4) is 0 Å². The maximum Gasteiger partial charge on any atom is 0.277 e. The van der Waals surface area contributed by atoms with Crippen LogP contribution in [0, 0.1) is 6.92 Å². The highest BCUT2D eigenvalue weighted by Crippen LogP contribution is 2.11. The van der Waals surface area contributed by atoms with Crippen molar-refractivity contribution in [2.45, 2.75) is 27.2 Å². The van der Waals surface area contributed by atoms with Crippen LogP contribution in [0.2, 0.25) is 0 Å². The number of carbonyl (C=O) groups is 1. The van der Waals surface area contributed by atoms with E-state index >= 15 is 0 Å². The Morgan fingerprint density at radius 3 is 2.88 bits per heavy atom. The summed E-state index contributed by atoms with van der Waals surface area (Å²) in [5.41, 5.74) is 4.43. The number of ether oxygens (including phenoxy) is 1. The average Bonchev–Trinajstić information content (AvgIpc) is 2.33. The minimum atomic E-state index is -0.251. The summed E-state index contributed by atoms with van der Waals surface area (Å²) in [6.07, 6.45) is 0.818. The standard InChI is InChI=1S/C13H18N2O2/c1-4-11(3)14-15-13(16)9-17-12-7-5-6-10(2)8-12/h5-8H,4,9H2,1-3H3,(H,15,16)/b14-11-. The predicted molar refractivity (Wildman–Crippen MR) is 68.2 cm³/mol. The Labute approximate surface area is 102 Å². The summed E-state index contributed by atoms with van der Waals surface area (Å²) in [5.74, 6) is 0.440. The van der Waals surface area contributed by atoms with Gasteiger partial charge in [-0.05, 0) is 38.0 Å². The number of benzene rings is 1. The molecule has 0 bridgehead atoms. The lowest BCUT2D eigenvalue weighted by atomic mass is 10.2. The molecule has 0 aromatic heterocycles. The van der Waals surface area contributed by atoms with Gasteiger partial charge >= 0.3 is 0 Å². The molecule has 0 fully saturated rings. The van der Waals surface area contributed by atoms with E-state index < -0.39 is 0 Å². The van der Waals surface area contributed by atoms with Crippen LogP contribution in [0.1, 0.15) is 25.8 Å². The second-order valence-corrected chi connectivity index (χ2v) is 3.84. The lowest BCUT2D eigenvalue weighted by Crippen LogP contribution is -2.25. The van der Waals surface area contributed by atoms with Gasteiger partial charge in [0.25, 0.3) is 5.91 Å². The molecule has 4 heteroatoms. The second kappa shape index (κ2) is 6.68. The molecule has 0 unspecified atom stereocenters. The van der Waals surface area contributed by atoms with Gasteiger partial charge in [0.05, 0.1) is 0 Å². The van der Waals surface area contributed by atoms with Gasteiger partial charge in [0.15, 0.2) is 6.61 Å². The quantitative estimate of drug-likeness (QED) is 0.627. The Balaban J connectivity index is 2.38. The molecule has 0 aliphatic rings. The highest BCUT2D eigenvalue weighted by Gasteiger charge is 2.01. The highest BCUT2D eigenvalue weighted by molar-refractivity contribution is 5.84. The lowest BCUT2D eigenvalue weighted by molar-refractivity contribution is -0.123. The summed E-state index contributed by atoms with van der Waals surface area (Å²) in [6.45, 7) is 5.79. The topological polar surface area (TPSA) is 50.7 Å². The first-order valence-electron chi connectivity index (χ1n) is 5.63. The van der Waals surface area contributed by atoms with Gasteiger partial charge in [-0.1, -0.05) is 19.1 Å². The number of hydrogen-bond acceptors (Lipinski definition) is 3. The van der Waals surface area contributed by atoms with Crippen molar-refractivity contribution in [1.29, 1.82) is 0 Å². The Morgan fingerprint density at radius 2 is 2.24 bits per heavy atom. The molecule has 0 aliphatic heterocycles. The molecule has 1 aromatic rings. The molecular weight excluding hydrogens is 216 g/mol. The molecule has 0 aliphatic carbocycles. The van der Waals surface area contributed by atoms with Crippen LogP contribution in [0.15, 0.2) is 29.4 Å². The SMILES string of the molecule is CC/C(C)=N\NC(=O)COc1cccc(C)c1. The fraction of sp³-hybridized carbons (Fsp3) is 0.385. The summed E-state index contributed by atoms with van der Waals surface area (Å²) < 4.78 is 5.33. The molecule has 1 rings (SSSR count). The first-order valence-corrected chi connectivity index (χ1v) is 5.63. The van der Waals surface area contributed by atoms with Crippen molar-refractivity contribution in [2.24, 2.45) is 5.10 Å². The van der Waals surface area contributed by atoms with Gasteiger partial charge in [0.2, 0.25) is 0 Å². The Kier molecular flexibility index (Phi) is 5.20. The van der Waals surface area contributed by atoms with Crippen molar-refractivity contribution in [2.75, 3.05) is 6.61 Å². The van der Waals surface area contributed by atoms with E-state index in [0.29, 0.717) is 5.75 Å². The van der Waals surface area contributed by atoms with E-state index in [1.807, 2.05) is 45.0 Å². The summed E-state index contributed by atoms with van der Waals surface area (Å²) in [4.78, 5) is 11.4. The zero-order valence-corrected chi connectivity index (χ0v) is 10.5. The molecule has 0 heterocycles. The molecule has 17 heavy (non-hydrogen) atoms. The summed E-state index contributed by atoms with van der Waals surface area (Å²) in [5, 5.41) is 3.91. The van der Waals surface area contributed by atoms with Crippen LogP contribution in [-0.2, 0) is 4.79 Å². The fourth-order valence-corrected chi connectivity index (χ4v) is 1.12. The van der Waals surface area contributed by atoms with Crippen LogP contribution < -0.4 is 10.2 Å². The molecule has 4 nitrogen and oxygen atoms in total. The van der Waals surface area contributed by atoms with Crippen molar-refractivity contribution in [3.8, 4) is 5.75 Å². The minimum Gasteiger partial charge on any atom is -0.484 e. The number of nitrogens with one attached hydrogen (secondary N) is 1. The number of carbonyl (C=O) groups excluding carboxylic acids is 1. The van der Waals surface area contributed by atoms with Gasteiger partial charge in [0, 0.05) is 5.71 Å².